The molecular weight excluding hydrogens is 310 g/mol. The lowest BCUT2D eigenvalue weighted by Gasteiger charge is -2.10. The van der Waals surface area contributed by atoms with Crippen molar-refractivity contribution in [2.75, 3.05) is 15.8 Å². The molecule has 0 aliphatic carbocycles. The number of unbranched alkanes of at least 4 members (excludes halogenated alkanes) is 1. The van der Waals surface area contributed by atoms with E-state index in [-0.39, 0.29) is 5.75 Å². The van der Waals surface area contributed by atoms with Gasteiger partial charge in [-0.25, -0.2) is 13.4 Å². The van der Waals surface area contributed by atoms with Crippen LogP contribution in [0.15, 0.2) is 36.5 Å². The van der Waals surface area contributed by atoms with E-state index in [2.05, 4.69) is 21.1 Å². The van der Waals surface area contributed by atoms with Crippen LogP contribution in [-0.2, 0) is 10.0 Å². The number of rotatable bonds is 7. The van der Waals surface area contributed by atoms with E-state index in [1.807, 2.05) is 32.9 Å². The Bertz CT molecular complexity index is 736. The summed E-state index contributed by atoms with van der Waals surface area (Å²) < 4.78 is 26.3. The van der Waals surface area contributed by atoms with E-state index in [1.54, 1.807) is 12.1 Å². The summed E-state index contributed by atoms with van der Waals surface area (Å²) in [5.74, 6) is 0.804. The van der Waals surface area contributed by atoms with Gasteiger partial charge in [-0.15, -0.1) is 0 Å². The third kappa shape index (κ3) is 5.56. The average Bonchev–Trinajstić information content (AvgIpc) is 2.46. The summed E-state index contributed by atoms with van der Waals surface area (Å²) in [4.78, 5) is 4.26. The van der Waals surface area contributed by atoms with Gasteiger partial charge in [0.25, 0.3) is 0 Å². The number of hydrogen-bond donors (Lipinski definition) is 2. The van der Waals surface area contributed by atoms with Crippen LogP contribution in [0.4, 0.5) is 17.2 Å². The molecule has 1 heterocycles. The molecule has 0 aliphatic heterocycles. The third-order valence-electron chi connectivity index (χ3n) is 3.30. The van der Waals surface area contributed by atoms with Crippen molar-refractivity contribution in [3.63, 3.8) is 0 Å². The van der Waals surface area contributed by atoms with E-state index in [0.29, 0.717) is 17.9 Å². The van der Waals surface area contributed by atoms with Gasteiger partial charge in [-0.1, -0.05) is 19.4 Å². The third-order valence-corrected chi connectivity index (χ3v) is 4.67. The van der Waals surface area contributed by atoms with Crippen LogP contribution >= 0.6 is 0 Å². The molecule has 2 aromatic rings. The molecule has 23 heavy (non-hydrogen) atoms. The molecule has 1 aromatic heterocycles. The van der Waals surface area contributed by atoms with E-state index >= 15 is 0 Å². The summed E-state index contributed by atoms with van der Waals surface area (Å²) in [5.41, 5.74) is 3.79. The fourth-order valence-electron chi connectivity index (χ4n) is 2.29. The quantitative estimate of drug-likeness (QED) is 0.804. The minimum atomic E-state index is -3.29. The van der Waals surface area contributed by atoms with E-state index < -0.39 is 10.0 Å². The maximum Gasteiger partial charge on any atom is 0.232 e. The fraction of sp³-hybridized carbons (Fsp3) is 0.353. The molecule has 124 valence electrons. The van der Waals surface area contributed by atoms with Crippen LogP contribution in [0.25, 0.3) is 0 Å². The van der Waals surface area contributed by atoms with Crippen LogP contribution in [0.2, 0.25) is 0 Å². The van der Waals surface area contributed by atoms with Gasteiger partial charge in [0.15, 0.2) is 0 Å². The first kappa shape index (κ1) is 17.3. The van der Waals surface area contributed by atoms with Gasteiger partial charge >= 0.3 is 0 Å². The number of sulfonamides is 1. The second kappa shape index (κ2) is 7.46. The van der Waals surface area contributed by atoms with Crippen LogP contribution < -0.4 is 10.0 Å². The Morgan fingerprint density at radius 2 is 1.74 bits per heavy atom. The summed E-state index contributed by atoms with van der Waals surface area (Å²) in [5, 5.41) is 3.22. The molecule has 0 aliphatic rings. The van der Waals surface area contributed by atoms with Gasteiger partial charge < -0.3 is 5.32 Å². The average molecular weight is 333 g/mol. The molecule has 6 heteroatoms. The van der Waals surface area contributed by atoms with Gasteiger partial charge in [0.1, 0.15) is 5.82 Å². The number of benzene rings is 1. The van der Waals surface area contributed by atoms with Crippen molar-refractivity contribution in [3.05, 3.63) is 47.7 Å². The Hall–Kier alpha value is -2.08. The number of aryl methyl sites for hydroxylation is 2. The van der Waals surface area contributed by atoms with Crippen LogP contribution in [0, 0.1) is 13.8 Å². The van der Waals surface area contributed by atoms with Crippen molar-refractivity contribution in [2.24, 2.45) is 0 Å². The van der Waals surface area contributed by atoms with E-state index in [4.69, 9.17) is 0 Å². The lowest BCUT2D eigenvalue weighted by atomic mass is 10.1. The Kier molecular flexibility index (Phi) is 5.60. The molecule has 0 saturated heterocycles. The first-order valence-corrected chi connectivity index (χ1v) is 9.35. The molecule has 2 rings (SSSR count). The SMILES string of the molecule is CCCCS(=O)(=O)Nc1ccc(Nc2cc(C)cc(C)c2)nc1. The summed E-state index contributed by atoms with van der Waals surface area (Å²) in [7, 11) is -3.29. The molecule has 5 nitrogen and oxygen atoms in total. The number of aromatic nitrogens is 1. The van der Waals surface area contributed by atoms with Crippen LogP contribution in [0.1, 0.15) is 30.9 Å². The number of nitrogens with zero attached hydrogens (tertiary/aromatic N) is 1. The second-order valence-electron chi connectivity index (χ2n) is 5.71. The Balaban J connectivity index is 2.04. The molecule has 0 bridgehead atoms. The summed E-state index contributed by atoms with van der Waals surface area (Å²) in [6.07, 6.45) is 3.02. The van der Waals surface area contributed by atoms with Gasteiger partial charge in [0.05, 0.1) is 17.6 Å². The van der Waals surface area contributed by atoms with E-state index in [0.717, 1.165) is 12.1 Å². The van der Waals surface area contributed by atoms with Gasteiger partial charge in [0, 0.05) is 5.69 Å². The number of hydrogen-bond acceptors (Lipinski definition) is 4. The number of nitrogens with one attached hydrogen (secondary N) is 2. The largest absolute Gasteiger partial charge is 0.340 e. The van der Waals surface area contributed by atoms with Crippen molar-refractivity contribution in [1.29, 1.82) is 0 Å². The summed E-state index contributed by atoms with van der Waals surface area (Å²) in [6, 6.07) is 9.65. The van der Waals surface area contributed by atoms with Gasteiger partial charge in [0.2, 0.25) is 10.0 Å². The zero-order valence-electron chi connectivity index (χ0n) is 13.8. The lowest BCUT2D eigenvalue weighted by molar-refractivity contribution is 0.598. The molecule has 0 saturated carbocycles. The summed E-state index contributed by atoms with van der Waals surface area (Å²) >= 11 is 0. The minimum absolute atomic E-state index is 0.131. The normalized spacial score (nSPS) is 11.3. The molecular formula is C17H23N3O2S. The second-order valence-corrected chi connectivity index (χ2v) is 7.55. The molecule has 0 amide bonds. The van der Waals surface area contributed by atoms with E-state index in [9.17, 15) is 8.42 Å². The van der Waals surface area contributed by atoms with Crippen molar-refractivity contribution in [1.82, 2.24) is 4.98 Å². The molecule has 0 spiro atoms. The monoisotopic (exact) mass is 333 g/mol. The minimum Gasteiger partial charge on any atom is -0.340 e. The van der Waals surface area contributed by atoms with Gasteiger partial charge in [-0.3, -0.25) is 4.72 Å². The highest BCUT2D eigenvalue weighted by molar-refractivity contribution is 7.92. The molecule has 0 atom stereocenters. The number of anilines is 3. The van der Waals surface area contributed by atoms with Crippen LogP contribution in [0.3, 0.4) is 0 Å². The highest BCUT2D eigenvalue weighted by Crippen LogP contribution is 2.19. The molecule has 0 fully saturated rings. The predicted molar refractivity (Wildman–Crippen MR) is 95.8 cm³/mol. The van der Waals surface area contributed by atoms with Gasteiger partial charge in [-0.2, -0.15) is 0 Å². The first-order chi connectivity index (χ1) is 10.9. The molecule has 0 radical (unpaired) electrons. The molecule has 1 aromatic carbocycles. The van der Waals surface area contributed by atoms with Crippen molar-refractivity contribution < 1.29 is 8.42 Å². The maximum atomic E-state index is 11.9. The first-order valence-electron chi connectivity index (χ1n) is 7.70. The fourth-order valence-corrected chi connectivity index (χ4v) is 3.54. The smallest absolute Gasteiger partial charge is 0.232 e. The molecule has 2 N–H and O–H groups in total. The van der Waals surface area contributed by atoms with Crippen LogP contribution in [-0.4, -0.2) is 19.2 Å². The van der Waals surface area contributed by atoms with E-state index in [1.165, 1.54) is 17.3 Å². The zero-order chi connectivity index (χ0) is 16.9. The standard InChI is InChI=1S/C17H23N3O2S/c1-4-5-8-23(21,22)20-15-6-7-17(18-12-15)19-16-10-13(2)9-14(3)11-16/h6-7,9-12,20H,4-5,8H2,1-3H3,(H,18,19). The molecule has 0 unspecified atom stereocenters. The zero-order valence-corrected chi connectivity index (χ0v) is 14.6. The predicted octanol–water partition coefficient (Wildman–Crippen LogP) is 3.98. The Labute approximate surface area is 138 Å². The van der Waals surface area contributed by atoms with Gasteiger partial charge in [-0.05, 0) is 55.7 Å². The number of pyridine rings is 1. The Morgan fingerprint density at radius 1 is 1.04 bits per heavy atom. The topological polar surface area (TPSA) is 71.1 Å². The highest BCUT2D eigenvalue weighted by Gasteiger charge is 2.09. The Morgan fingerprint density at radius 3 is 2.30 bits per heavy atom. The lowest BCUT2D eigenvalue weighted by Crippen LogP contribution is -2.16. The maximum absolute atomic E-state index is 11.9. The van der Waals surface area contributed by atoms with Crippen LogP contribution in [0.5, 0.6) is 0 Å². The summed E-state index contributed by atoms with van der Waals surface area (Å²) in [6.45, 7) is 6.05. The highest BCUT2D eigenvalue weighted by atomic mass is 32.2. The van der Waals surface area contributed by atoms with Crippen molar-refractivity contribution in [2.45, 2.75) is 33.6 Å². The van der Waals surface area contributed by atoms with Crippen molar-refractivity contribution >= 4 is 27.2 Å². The van der Waals surface area contributed by atoms with Crippen molar-refractivity contribution in [3.8, 4) is 0 Å².